The van der Waals surface area contributed by atoms with E-state index in [1.54, 1.807) is 0 Å². The van der Waals surface area contributed by atoms with Gasteiger partial charge in [0.15, 0.2) is 0 Å². The topological polar surface area (TPSA) is 45.2 Å². The van der Waals surface area contributed by atoms with Crippen LogP contribution in [0.15, 0.2) is 18.3 Å². The molecule has 2 aliphatic heterocycles. The number of aromatic nitrogens is 1. The van der Waals surface area contributed by atoms with Crippen LogP contribution in [0.5, 0.6) is 0 Å². The molecule has 118 valence electrons. The standard InChI is InChI=1S/C15H16F3N3O/c16-15(17,18)9-1-2-20-12(4-9)21-8-14(5-13(21)22)10-3-11(14)7-19-6-10/h1-2,4,10-11,19H,3,5-8H2. The number of anilines is 1. The number of carbonyl (C=O) groups is 1. The second-order valence-electron chi connectivity index (χ2n) is 6.58. The molecule has 1 aromatic heterocycles. The summed E-state index contributed by atoms with van der Waals surface area (Å²) in [5.41, 5.74) is -0.820. The van der Waals surface area contributed by atoms with Gasteiger partial charge in [0.05, 0.1) is 5.56 Å². The second kappa shape index (κ2) is 4.44. The fourth-order valence-corrected chi connectivity index (χ4v) is 4.30. The second-order valence-corrected chi connectivity index (χ2v) is 6.58. The van der Waals surface area contributed by atoms with Crippen LogP contribution in [0.25, 0.3) is 0 Å². The molecule has 1 aliphatic carbocycles. The van der Waals surface area contributed by atoms with Gasteiger partial charge in [-0.3, -0.25) is 9.69 Å². The summed E-state index contributed by atoms with van der Waals surface area (Å²) in [6.45, 7) is 2.29. The fourth-order valence-electron chi connectivity index (χ4n) is 4.30. The van der Waals surface area contributed by atoms with E-state index in [-0.39, 0.29) is 17.1 Å². The van der Waals surface area contributed by atoms with Gasteiger partial charge in [0.25, 0.3) is 0 Å². The highest BCUT2D eigenvalue weighted by Crippen LogP contribution is 2.59. The first-order valence-electron chi connectivity index (χ1n) is 7.44. The third-order valence-corrected chi connectivity index (χ3v) is 5.56. The fraction of sp³-hybridized carbons (Fsp3) is 0.600. The molecule has 2 unspecified atom stereocenters. The highest BCUT2D eigenvalue weighted by atomic mass is 19.4. The van der Waals surface area contributed by atoms with Crippen LogP contribution in [0.1, 0.15) is 18.4 Å². The number of nitrogens with one attached hydrogen (secondary N) is 1. The minimum Gasteiger partial charge on any atom is -0.316 e. The molecule has 3 aliphatic rings. The van der Waals surface area contributed by atoms with Gasteiger partial charge in [0.2, 0.25) is 5.91 Å². The lowest BCUT2D eigenvalue weighted by molar-refractivity contribution is -0.137. The summed E-state index contributed by atoms with van der Waals surface area (Å²) in [5.74, 6) is 0.912. The molecule has 2 atom stereocenters. The van der Waals surface area contributed by atoms with Crippen LogP contribution in [-0.2, 0) is 11.0 Å². The van der Waals surface area contributed by atoms with E-state index >= 15 is 0 Å². The third kappa shape index (κ3) is 1.87. The number of hydrogen-bond acceptors (Lipinski definition) is 3. The van der Waals surface area contributed by atoms with Gasteiger partial charge in [-0.25, -0.2) is 4.98 Å². The van der Waals surface area contributed by atoms with Gasteiger partial charge in [-0.05, 0) is 43.5 Å². The van der Waals surface area contributed by atoms with Crippen molar-refractivity contribution in [3.63, 3.8) is 0 Å². The van der Waals surface area contributed by atoms with Crippen molar-refractivity contribution in [1.82, 2.24) is 10.3 Å². The van der Waals surface area contributed by atoms with E-state index in [0.717, 1.165) is 37.8 Å². The Morgan fingerprint density at radius 1 is 1.32 bits per heavy atom. The van der Waals surface area contributed by atoms with E-state index in [1.807, 2.05) is 0 Å². The van der Waals surface area contributed by atoms with Crippen LogP contribution >= 0.6 is 0 Å². The first kappa shape index (κ1) is 14.0. The summed E-state index contributed by atoms with van der Waals surface area (Å²) >= 11 is 0. The number of piperidine rings is 2. The number of alkyl halides is 3. The molecule has 4 rings (SSSR count). The summed E-state index contributed by atoms with van der Waals surface area (Å²) in [4.78, 5) is 17.8. The van der Waals surface area contributed by atoms with Crippen LogP contribution in [-0.4, -0.2) is 30.5 Å². The number of halogens is 3. The number of carbonyl (C=O) groups excluding carboxylic acids is 1. The molecule has 4 nitrogen and oxygen atoms in total. The van der Waals surface area contributed by atoms with Crippen molar-refractivity contribution >= 4 is 11.7 Å². The van der Waals surface area contributed by atoms with Crippen molar-refractivity contribution < 1.29 is 18.0 Å². The lowest BCUT2D eigenvalue weighted by atomic mass is 9.50. The molecule has 1 amide bonds. The molecule has 2 saturated heterocycles. The Morgan fingerprint density at radius 3 is 2.68 bits per heavy atom. The number of hydrogen-bond donors (Lipinski definition) is 1. The van der Waals surface area contributed by atoms with E-state index < -0.39 is 11.7 Å². The Morgan fingerprint density at radius 2 is 2.05 bits per heavy atom. The first-order valence-corrected chi connectivity index (χ1v) is 7.44. The molecule has 3 fully saturated rings. The van der Waals surface area contributed by atoms with E-state index in [1.165, 1.54) is 4.90 Å². The van der Waals surface area contributed by atoms with Crippen LogP contribution in [0.4, 0.5) is 19.0 Å². The monoisotopic (exact) mass is 311 g/mol. The van der Waals surface area contributed by atoms with E-state index in [9.17, 15) is 18.0 Å². The Balaban J connectivity index is 1.63. The van der Waals surface area contributed by atoms with Gasteiger partial charge < -0.3 is 5.32 Å². The zero-order valence-electron chi connectivity index (χ0n) is 11.9. The van der Waals surface area contributed by atoms with Gasteiger partial charge in [-0.1, -0.05) is 0 Å². The van der Waals surface area contributed by atoms with Crippen LogP contribution in [0.3, 0.4) is 0 Å². The maximum absolute atomic E-state index is 12.8. The molecule has 7 heteroatoms. The number of amides is 1. The third-order valence-electron chi connectivity index (χ3n) is 5.56. The average molecular weight is 311 g/mol. The van der Waals surface area contributed by atoms with Gasteiger partial charge in [-0.15, -0.1) is 0 Å². The first-order chi connectivity index (χ1) is 10.4. The molecule has 2 bridgehead atoms. The molecular weight excluding hydrogens is 295 g/mol. The summed E-state index contributed by atoms with van der Waals surface area (Å²) in [5, 5.41) is 3.34. The van der Waals surface area contributed by atoms with Crippen LogP contribution in [0.2, 0.25) is 0 Å². The van der Waals surface area contributed by atoms with Crippen molar-refractivity contribution in [2.45, 2.75) is 19.0 Å². The molecular formula is C15H16F3N3O. The molecule has 0 aromatic carbocycles. The predicted molar refractivity (Wildman–Crippen MR) is 73.1 cm³/mol. The molecule has 1 N–H and O–H groups in total. The zero-order chi connectivity index (χ0) is 15.5. The van der Waals surface area contributed by atoms with Crippen LogP contribution in [0, 0.1) is 17.3 Å². The van der Waals surface area contributed by atoms with E-state index in [4.69, 9.17) is 0 Å². The van der Waals surface area contributed by atoms with Crippen molar-refractivity contribution in [2.75, 3.05) is 24.5 Å². The number of nitrogens with zero attached hydrogens (tertiary/aromatic N) is 2. The summed E-state index contributed by atoms with van der Waals surface area (Å²) < 4.78 is 38.5. The molecule has 1 spiro atoms. The van der Waals surface area contributed by atoms with E-state index in [0.29, 0.717) is 24.8 Å². The largest absolute Gasteiger partial charge is 0.416 e. The van der Waals surface area contributed by atoms with Gasteiger partial charge in [-0.2, -0.15) is 13.2 Å². The maximum atomic E-state index is 12.8. The lowest BCUT2D eigenvalue weighted by Crippen LogP contribution is -2.62. The molecule has 0 radical (unpaired) electrons. The minimum absolute atomic E-state index is 0.0573. The van der Waals surface area contributed by atoms with Gasteiger partial charge in [0.1, 0.15) is 5.82 Å². The van der Waals surface area contributed by atoms with Crippen molar-refractivity contribution in [2.24, 2.45) is 17.3 Å². The molecule has 22 heavy (non-hydrogen) atoms. The van der Waals surface area contributed by atoms with Gasteiger partial charge in [0, 0.05) is 24.6 Å². The van der Waals surface area contributed by atoms with Gasteiger partial charge >= 0.3 is 6.18 Å². The Labute approximate surface area is 125 Å². The Kier molecular flexibility index (Phi) is 2.82. The highest BCUT2D eigenvalue weighted by Gasteiger charge is 2.61. The Hall–Kier alpha value is -1.63. The smallest absolute Gasteiger partial charge is 0.316 e. The minimum atomic E-state index is -4.42. The Bertz CT molecular complexity index is 617. The summed E-state index contributed by atoms with van der Waals surface area (Å²) in [7, 11) is 0. The summed E-state index contributed by atoms with van der Waals surface area (Å²) in [6.07, 6.45) is -1.75. The zero-order valence-corrected chi connectivity index (χ0v) is 11.9. The number of rotatable bonds is 1. The normalized spacial score (nSPS) is 34.1. The highest BCUT2D eigenvalue weighted by molar-refractivity contribution is 5.95. The maximum Gasteiger partial charge on any atom is 0.416 e. The average Bonchev–Trinajstić information content (AvgIpc) is 2.87. The molecule has 1 saturated carbocycles. The van der Waals surface area contributed by atoms with Crippen molar-refractivity contribution in [3.05, 3.63) is 23.9 Å². The van der Waals surface area contributed by atoms with Crippen molar-refractivity contribution in [1.29, 1.82) is 0 Å². The summed E-state index contributed by atoms with van der Waals surface area (Å²) in [6, 6.07) is 1.91. The molecule has 3 heterocycles. The van der Waals surface area contributed by atoms with E-state index in [2.05, 4.69) is 10.3 Å². The lowest BCUT2D eigenvalue weighted by Gasteiger charge is -2.57. The quantitative estimate of drug-likeness (QED) is 0.863. The van der Waals surface area contributed by atoms with Crippen molar-refractivity contribution in [3.8, 4) is 0 Å². The number of pyridine rings is 1. The predicted octanol–water partition coefficient (Wildman–Crippen LogP) is 2.06. The van der Waals surface area contributed by atoms with Crippen LogP contribution < -0.4 is 10.2 Å². The molecule has 1 aromatic rings. The SMILES string of the molecule is O=C1CC2(CN1c1cc(C(F)(F)F)ccn1)C1CNCC2C1.